The van der Waals surface area contributed by atoms with Crippen molar-refractivity contribution in [2.75, 3.05) is 13.1 Å². The minimum atomic E-state index is 0.160. The molecule has 1 atom stereocenters. The van der Waals surface area contributed by atoms with E-state index in [0.29, 0.717) is 5.92 Å². The summed E-state index contributed by atoms with van der Waals surface area (Å²) >= 11 is 0. The Morgan fingerprint density at radius 3 is 2.95 bits per heavy atom. The summed E-state index contributed by atoms with van der Waals surface area (Å²) in [5.41, 5.74) is 2.64. The SMILES string of the molecule is CC(=O)N1CCC(Cc2cnc(-c3ccn[nH]3)cn2)C1. The molecule has 6 nitrogen and oxygen atoms in total. The highest BCUT2D eigenvalue weighted by Crippen LogP contribution is 2.20. The summed E-state index contributed by atoms with van der Waals surface area (Å²) in [6.07, 6.45) is 7.19. The van der Waals surface area contributed by atoms with Gasteiger partial charge in [0.05, 0.1) is 17.6 Å². The van der Waals surface area contributed by atoms with Crippen molar-refractivity contribution in [3.8, 4) is 11.4 Å². The van der Waals surface area contributed by atoms with E-state index < -0.39 is 0 Å². The summed E-state index contributed by atoms with van der Waals surface area (Å²) in [5, 5.41) is 6.77. The molecule has 3 rings (SSSR count). The van der Waals surface area contributed by atoms with Crippen LogP contribution in [0.25, 0.3) is 11.4 Å². The zero-order chi connectivity index (χ0) is 13.9. The smallest absolute Gasteiger partial charge is 0.219 e. The van der Waals surface area contributed by atoms with Crippen molar-refractivity contribution < 1.29 is 4.79 Å². The van der Waals surface area contributed by atoms with Crippen LogP contribution in [0.4, 0.5) is 0 Å². The van der Waals surface area contributed by atoms with E-state index in [1.54, 1.807) is 19.3 Å². The monoisotopic (exact) mass is 271 g/mol. The predicted octanol–water partition coefficient (Wildman–Crippen LogP) is 1.28. The third-order valence-corrected chi connectivity index (χ3v) is 3.71. The number of rotatable bonds is 3. The lowest BCUT2D eigenvalue weighted by atomic mass is 10.0. The molecule has 0 bridgehead atoms. The number of hydrogen-bond donors (Lipinski definition) is 1. The summed E-state index contributed by atoms with van der Waals surface area (Å²) in [4.78, 5) is 22.1. The van der Waals surface area contributed by atoms with Crippen LogP contribution in [-0.2, 0) is 11.2 Å². The average Bonchev–Trinajstić information content (AvgIpc) is 3.10. The van der Waals surface area contributed by atoms with Crippen molar-refractivity contribution in [1.29, 1.82) is 0 Å². The van der Waals surface area contributed by atoms with Crippen molar-refractivity contribution in [3.63, 3.8) is 0 Å². The second-order valence-electron chi connectivity index (χ2n) is 5.19. The molecule has 2 aromatic heterocycles. The first-order valence-electron chi connectivity index (χ1n) is 6.78. The van der Waals surface area contributed by atoms with Gasteiger partial charge in [-0.1, -0.05) is 0 Å². The maximum Gasteiger partial charge on any atom is 0.219 e. The third kappa shape index (κ3) is 2.68. The van der Waals surface area contributed by atoms with E-state index in [9.17, 15) is 4.79 Å². The molecule has 0 radical (unpaired) electrons. The van der Waals surface area contributed by atoms with E-state index in [2.05, 4.69) is 20.2 Å². The molecule has 1 unspecified atom stereocenters. The van der Waals surface area contributed by atoms with Crippen LogP contribution in [-0.4, -0.2) is 44.1 Å². The molecule has 1 amide bonds. The molecule has 104 valence electrons. The summed E-state index contributed by atoms with van der Waals surface area (Å²) in [5.74, 6) is 0.652. The van der Waals surface area contributed by atoms with E-state index in [1.165, 1.54) is 0 Å². The van der Waals surface area contributed by atoms with Gasteiger partial charge in [-0.05, 0) is 24.8 Å². The quantitative estimate of drug-likeness (QED) is 0.912. The van der Waals surface area contributed by atoms with E-state index in [-0.39, 0.29) is 5.91 Å². The zero-order valence-electron chi connectivity index (χ0n) is 11.4. The Kier molecular flexibility index (Phi) is 3.45. The zero-order valence-corrected chi connectivity index (χ0v) is 11.4. The van der Waals surface area contributed by atoms with Crippen LogP contribution in [0, 0.1) is 5.92 Å². The minimum Gasteiger partial charge on any atom is -0.343 e. The number of aromatic amines is 1. The molecule has 1 saturated heterocycles. The van der Waals surface area contributed by atoms with Gasteiger partial charge < -0.3 is 4.90 Å². The van der Waals surface area contributed by atoms with Gasteiger partial charge >= 0.3 is 0 Å². The molecule has 1 fully saturated rings. The summed E-state index contributed by atoms with van der Waals surface area (Å²) in [7, 11) is 0. The molecule has 0 aliphatic carbocycles. The van der Waals surface area contributed by atoms with Crippen LogP contribution in [0.2, 0.25) is 0 Å². The second kappa shape index (κ2) is 5.40. The number of carbonyl (C=O) groups excluding carboxylic acids is 1. The molecule has 0 saturated carbocycles. The number of nitrogens with zero attached hydrogens (tertiary/aromatic N) is 4. The highest BCUT2D eigenvalue weighted by atomic mass is 16.2. The molecule has 2 aromatic rings. The summed E-state index contributed by atoms with van der Waals surface area (Å²) < 4.78 is 0. The number of nitrogens with one attached hydrogen (secondary N) is 1. The van der Waals surface area contributed by atoms with Crippen molar-refractivity contribution in [2.45, 2.75) is 19.8 Å². The molecule has 0 aromatic carbocycles. The predicted molar refractivity (Wildman–Crippen MR) is 73.7 cm³/mol. The molecule has 20 heavy (non-hydrogen) atoms. The molecule has 1 aliphatic rings. The van der Waals surface area contributed by atoms with Crippen LogP contribution in [0.3, 0.4) is 0 Å². The molecule has 1 aliphatic heterocycles. The number of H-pyrrole nitrogens is 1. The van der Waals surface area contributed by atoms with E-state index >= 15 is 0 Å². The first-order valence-corrected chi connectivity index (χ1v) is 6.78. The number of hydrogen-bond acceptors (Lipinski definition) is 4. The molecule has 0 spiro atoms. The maximum absolute atomic E-state index is 11.3. The average molecular weight is 271 g/mol. The van der Waals surface area contributed by atoms with Gasteiger partial charge in [0.2, 0.25) is 5.91 Å². The number of amides is 1. The van der Waals surface area contributed by atoms with Gasteiger partial charge in [0, 0.05) is 32.4 Å². The van der Waals surface area contributed by atoms with Gasteiger partial charge in [0.15, 0.2) is 0 Å². The first-order chi connectivity index (χ1) is 9.72. The fraction of sp³-hybridized carbons (Fsp3) is 0.429. The van der Waals surface area contributed by atoms with Crippen LogP contribution in [0.5, 0.6) is 0 Å². The Balaban J connectivity index is 1.63. The molecule has 3 heterocycles. The van der Waals surface area contributed by atoms with Gasteiger partial charge in [0.25, 0.3) is 0 Å². The Morgan fingerprint density at radius 1 is 1.45 bits per heavy atom. The first kappa shape index (κ1) is 12.8. The largest absolute Gasteiger partial charge is 0.343 e. The van der Waals surface area contributed by atoms with E-state index in [4.69, 9.17) is 0 Å². The normalized spacial score (nSPS) is 18.4. The van der Waals surface area contributed by atoms with Crippen molar-refractivity contribution in [1.82, 2.24) is 25.1 Å². The van der Waals surface area contributed by atoms with Crippen molar-refractivity contribution in [3.05, 3.63) is 30.4 Å². The Hall–Kier alpha value is -2.24. The lowest BCUT2D eigenvalue weighted by Gasteiger charge is -2.13. The highest BCUT2D eigenvalue weighted by molar-refractivity contribution is 5.73. The number of likely N-dealkylation sites (tertiary alicyclic amines) is 1. The molecular formula is C14H17N5O. The van der Waals surface area contributed by atoms with E-state index in [1.807, 2.05) is 17.2 Å². The fourth-order valence-corrected chi connectivity index (χ4v) is 2.58. The van der Waals surface area contributed by atoms with Gasteiger partial charge in [-0.15, -0.1) is 0 Å². The van der Waals surface area contributed by atoms with Gasteiger partial charge in [0.1, 0.15) is 5.69 Å². The summed E-state index contributed by atoms with van der Waals surface area (Å²) in [6, 6.07) is 1.87. The lowest BCUT2D eigenvalue weighted by Crippen LogP contribution is -2.26. The fourth-order valence-electron chi connectivity index (χ4n) is 2.58. The summed E-state index contributed by atoms with van der Waals surface area (Å²) in [6.45, 7) is 3.32. The third-order valence-electron chi connectivity index (χ3n) is 3.71. The minimum absolute atomic E-state index is 0.160. The van der Waals surface area contributed by atoms with E-state index in [0.717, 1.165) is 43.0 Å². The van der Waals surface area contributed by atoms with Gasteiger partial charge in [-0.25, -0.2) is 0 Å². The second-order valence-corrected chi connectivity index (χ2v) is 5.19. The molecule has 6 heteroatoms. The lowest BCUT2D eigenvalue weighted by molar-refractivity contribution is -0.127. The van der Waals surface area contributed by atoms with Crippen molar-refractivity contribution in [2.24, 2.45) is 5.92 Å². The standard InChI is InChI=1S/C14H17N5O/c1-10(20)19-5-3-11(9-19)6-12-7-16-14(8-15-12)13-2-4-17-18-13/h2,4,7-8,11H,3,5-6,9H2,1H3,(H,17,18). The number of carbonyl (C=O) groups is 1. The van der Waals surface area contributed by atoms with Crippen LogP contribution < -0.4 is 0 Å². The molecular weight excluding hydrogens is 254 g/mol. The number of aromatic nitrogens is 4. The van der Waals surface area contributed by atoms with Crippen LogP contribution >= 0.6 is 0 Å². The Bertz CT molecular complexity index is 578. The topological polar surface area (TPSA) is 74.8 Å². The maximum atomic E-state index is 11.3. The van der Waals surface area contributed by atoms with Gasteiger partial charge in [-0.2, -0.15) is 5.10 Å². The molecule has 1 N–H and O–H groups in total. The van der Waals surface area contributed by atoms with Gasteiger partial charge in [-0.3, -0.25) is 19.9 Å². The Labute approximate surface area is 117 Å². The van der Waals surface area contributed by atoms with Crippen molar-refractivity contribution >= 4 is 5.91 Å². The Morgan fingerprint density at radius 2 is 2.35 bits per heavy atom. The highest BCUT2D eigenvalue weighted by Gasteiger charge is 2.24. The van der Waals surface area contributed by atoms with Crippen LogP contribution in [0.15, 0.2) is 24.7 Å². The van der Waals surface area contributed by atoms with Crippen LogP contribution in [0.1, 0.15) is 19.0 Å².